The molecule has 0 saturated carbocycles. The molecule has 2 aromatic carbocycles. The summed E-state index contributed by atoms with van der Waals surface area (Å²) in [5.74, 6) is -0.694. The molecule has 0 bridgehead atoms. The average Bonchev–Trinajstić information content (AvgIpc) is 2.51. The Kier molecular flexibility index (Phi) is 6.10. The highest BCUT2D eigenvalue weighted by Gasteiger charge is 2.19. The Hall–Kier alpha value is -1.75. The Morgan fingerprint density at radius 3 is 2.12 bits per heavy atom. The molecular weight excluding hydrogens is 371 g/mol. The fraction of sp³-hybridized carbons (Fsp3) is 0.176. The van der Waals surface area contributed by atoms with Gasteiger partial charge in [-0.05, 0) is 36.8 Å². The van der Waals surface area contributed by atoms with Crippen LogP contribution in [-0.4, -0.2) is 18.4 Å². The maximum absolute atomic E-state index is 12.3. The zero-order valence-electron chi connectivity index (χ0n) is 13.1. The van der Waals surface area contributed by atoms with Crippen LogP contribution in [0.3, 0.4) is 0 Å². The van der Waals surface area contributed by atoms with E-state index in [9.17, 15) is 9.59 Å². The highest BCUT2D eigenvalue weighted by atomic mass is 35.5. The smallest absolute Gasteiger partial charge is 0.244 e. The number of hydrogen-bond acceptors (Lipinski definition) is 2. The van der Waals surface area contributed by atoms with Crippen LogP contribution in [0, 0.1) is 6.92 Å². The summed E-state index contributed by atoms with van der Waals surface area (Å²) in [6.45, 7) is 2.99. The van der Waals surface area contributed by atoms with Gasteiger partial charge in [-0.1, -0.05) is 46.9 Å². The molecule has 0 spiro atoms. The molecule has 1 N–H and O–H groups in total. The Bertz CT molecular complexity index is 773. The van der Waals surface area contributed by atoms with Crippen molar-refractivity contribution in [3.8, 4) is 0 Å². The number of anilines is 2. The summed E-state index contributed by atoms with van der Waals surface area (Å²) in [4.78, 5) is 25.7. The number of nitrogens with one attached hydrogen (secondary N) is 1. The number of halogens is 3. The lowest BCUT2D eigenvalue weighted by Crippen LogP contribution is -2.37. The highest BCUT2D eigenvalue weighted by molar-refractivity contribution is 6.39. The summed E-state index contributed by atoms with van der Waals surface area (Å²) in [6, 6.07) is 10.1. The van der Waals surface area contributed by atoms with Gasteiger partial charge in [0.15, 0.2) is 0 Å². The molecule has 0 radical (unpaired) electrons. The monoisotopic (exact) mass is 384 g/mol. The second-order valence-electron chi connectivity index (χ2n) is 5.13. The van der Waals surface area contributed by atoms with Gasteiger partial charge in [-0.15, -0.1) is 0 Å². The number of rotatable bonds is 4. The molecule has 0 unspecified atom stereocenters. The first-order chi connectivity index (χ1) is 11.3. The summed E-state index contributed by atoms with van der Waals surface area (Å²) in [5, 5.41) is 3.81. The second kappa shape index (κ2) is 7.88. The molecule has 2 aromatic rings. The van der Waals surface area contributed by atoms with Gasteiger partial charge in [0, 0.05) is 17.6 Å². The summed E-state index contributed by atoms with van der Waals surface area (Å²) in [6.07, 6.45) is 0. The molecule has 7 heteroatoms. The number of hydrogen-bond donors (Lipinski definition) is 1. The number of benzene rings is 2. The molecule has 0 fully saturated rings. The molecule has 2 amide bonds. The minimum absolute atomic E-state index is 0.182. The van der Waals surface area contributed by atoms with Gasteiger partial charge in [0.05, 0.1) is 15.7 Å². The van der Waals surface area contributed by atoms with E-state index < -0.39 is 5.91 Å². The van der Waals surface area contributed by atoms with Gasteiger partial charge in [0.1, 0.15) is 6.54 Å². The van der Waals surface area contributed by atoms with E-state index in [-0.39, 0.29) is 12.5 Å². The molecule has 0 heterocycles. The van der Waals surface area contributed by atoms with E-state index in [0.717, 1.165) is 5.56 Å². The molecule has 0 atom stereocenters. The lowest BCUT2D eigenvalue weighted by Gasteiger charge is -2.23. The Labute approximate surface area is 155 Å². The zero-order chi connectivity index (χ0) is 17.9. The molecule has 126 valence electrons. The number of para-hydroxylation sites is 1. The minimum atomic E-state index is -0.417. The number of amides is 2. The van der Waals surface area contributed by atoms with Crippen molar-refractivity contribution in [1.82, 2.24) is 0 Å². The van der Waals surface area contributed by atoms with Crippen molar-refractivity contribution in [2.45, 2.75) is 13.8 Å². The van der Waals surface area contributed by atoms with Gasteiger partial charge >= 0.3 is 0 Å². The lowest BCUT2D eigenvalue weighted by atomic mass is 10.1. The first-order valence-corrected chi connectivity index (χ1v) is 8.21. The van der Waals surface area contributed by atoms with E-state index in [2.05, 4.69) is 5.32 Å². The van der Waals surface area contributed by atoms with Gasteiger partial charge in [-0.3, -0.25) is 9.59 Å². The van der Waals surface area contributed by atoms with Crippen LogP contribution >= 0.6 is 34.8 Å². The molecule has 0 aliphatic rings. The molecule has 24 heavy (non-hydrogen) atoms. The van der Waals surface area contributed by atoms with Crippen LogP contribution in [0.5, 0.6) is 0 Å². The number of carbonyl (C=O) groups excluding carboxylic acids is 2. The largest absolute Gasteiger partial charge is 0.322 e. The summed E-state index contributed by atoms with van der Waals surface area (Å²) < 4.78 is 0. The van der Waals surface area contributed by atoms with E-state index in [1.165, 1.54) is 11.8 Å². The van der Waals surface area contributed by atoms with Crippen LogP contribution in [0.1, 0.15) is 12.5 Å². The third kappa shape index (κ3) is 4.20. The van der Waals surface area contributed by atoms with Crippen LogP contribution in [0.25, 0.3) is 0 Å². The van der Waals surface area contributed by atoms with Crippen LogP contribution in [0.4, 0.5) is 11.4 Å². The SMILES string of the molecule is CC(=O)N(CC(=O)Nc1c(Cl)cccc1Cl)c1cccc(Cl)c1C. The topological polar surface area (TPSA) is 49.4 Å². The molecule has 0 saturated heterocycles. The first kappa shape index (κ1) is 18.6. The van der Waals surface area contributed by atoms with Gasteiger partial charge < -0.3 is 10.2 Å². The third-order valence-corrected chi connectivity index (χ3v) is 4.48. The predicted molar refractivity (Wildman–Crippen MR) is 99.3 cm³/mol. The van der Waals surface area contributed by atoms with E-state index in [1.807, 2.05) is 0 Å². The molecule has 0 aliphatic heterocycles. The zero-order valence-corrected chi connectivity index (χ0v) is 15.3. The standard InChI is InChI=1S/C17H15Cl3N2O2/c1-10-12(18)5-4-8-15(10)22(11(2)23)9-16(24)21-17-13(19)6-3-7-14(17)20/h3-8H,9H2,1-2H3,(H,21,24). The first-order valence-electron chi connectivity index (χ1n) is 7.08. The summed E-state index contributed by atoms with van der Waals surface area (Å²) in [5.41, 5.74) is 1.62. The molecular formula is C17H15Cl3N2O2. The van der Waals surface area contributed by atoms with Crippen LogP contribution in [0.15, 0.2) is 36.4 Å². The highest BCUT2D eigenvalue weighted by Crippen LogP contribution is 2.30. The van der Waals surface area contributed by atoms with Crippen LogP contribution < -0.4 is 10.2 Å². The van der Waals surface area contributed by atoms with Crippen molar-refractivity contribution in [2.24, 2.45) is 0 Å². The minimum Gasteiger partial charge on any atom is -0.322 e. The second-order valence-corrected chi connectivity index (χ2v) is 6.36. The third-order valence-electron chi connectivity index (χ3n) is 3.44. The fourth-order valence-electron chi connectivity index (χ4n) is 2.19. The normalized spacial score (nSPS) is 10.4. The Balaban J connectivity index is 2.24. The van der Waals surface area contributed by atoms with E-state index in [0.29, 0.717) is 26.4 Å². The van der Waals surface area contributed by atoms with Crippen molar-refractivity contribution in [1.29, 1.82) is 0 Å². The summed E-state index contributed by atoms with van der Waals surface area (Å²) >= 11 is 18.2. The lowest BCUT2D eigenvalue weighted by molar-refractivity contribution is -0.120. The quantitative estimate of drug-likeness (QED) is 0.810. The van der Waals surface area contributed by atoms with Gasteiger partial charge in [0.2, 0.25) is 11.8 Å². The maximum Gasteiger partial charge on any atom is 0.244 e. The van der Waals surface area contributed by atoms with Gasteiger partial charge in [-0.2, -0.15) is 0 Å². The molecule has 0 aromatic heterocycles. The Morgan fingerprint density at radius 1 is 1.00 bits per heavy atom. The van der Waals surface area contributed by atoms with Gasteiger partial charge in [-0.25, -0.2) is 0 Å². The van der Waals surface area contributed by atoms with Gasteiger partial charge in [0.25, 0.3) is 0 Å². The fourth-order valence-corrected chi connectivity index (χ4v) is 2.86. The van der Waals surface area contributed by atoms with Crippen molar-refractivity contribution in [3.05, 3.63) is 57.0 Å². The summed E-state index contributed by atoms with van der Waals surface area (Å²) in [7, 11) is 0. The molecule has 0 aliphatic carbocycles. The van der Waals surface area contributed by atoms with E-state index in [1.54, 1.807) is 43.3 Å². The molecule has 4 nitrogen and oxygen atoms in total. The van der Waals surface area contributed by atoms with Crippen LogP contribution in [-0.2, 0) is 9.59 Å². The Morgan fingerprint density at radius 2 is 1.54 bits per heavy atom. The van der Waals surface area contributed by atoms with Crippen molar-refractivity contribution in [2.75, 3.05) is 16.8 Å². The number of nitrogens with zero attached hydrogens (tertiary/aromatic N) is 1. The van der Waals surface area contributed by atoms with Crippen LogP contribution in [0.2, 0.25) is 15.1 Å². The maximum atomic E-state index is 12.3. The predicted octanol–water partition coefficient (Wildman–Crippen LogP) is 4.95. The van der Waals surface area contributed by atoms with Crippen molar-refractivity contribution < 1.29 is 9.59 Å². The van der Waals surface area contributed by atoms with E-state index in [4.69, 9.17) is 34.8 Å². The molecule has 2 rings (SSSR count). The van der Waals surface area contributed by atoms with Crippen molar-refractivity contribution >= 4 is 58.0 Å². The average molecular weight is 386 g/mol. The number of carbonyl (C=O) groups is 2. The van der Waals surface area contributed by atoms with E-state index >= 15 is 0 Å². The van der Waals surface area contributed by atoms with Crippen molar-refractivity contribution in [3.63, 3.8) is 0 Å².